The fourth-order valence-electron chi connectivity index (χ4n) is 3.61. The molecule has 2 aromatic carbocycles. The number of benzene rings is 2. The predicted octanol–water partition coefficient (Wildman–Crippen LogP) is 3.73. The standard InChI is InChI=1S/C21H19ClN2O3/c1-27-17-6-4-5-16(13-17)24-20(25)18(14-7-9-15(22)10-8-14)19(21(24)26)23-11-2-3-12-23/h4-10,13H,2-3,11-12H2,1H3. The number of likely N-dealkylation sites (tertiary alicyclic amines) is 1. The van der Waals surface area contributed by atoms with E-state index >= 15 is 0 Å². The van der Waals surface area contributed by atoms with Gasteiger partial charge in [0, 0.05) is 24.2 Å². The molecule has 0 spiro atoms. The van der Waals surface area contributed by atoms with Crippen molar-refractivity contribution in [2.75, 3.05) is 25.1 Å². The van der Waals surface area contributed by atoms with E-state index in [0.717, 1.165) is 25.9 Å². The van der Waals surface area contributed by atoms with Crippen molar-refractivity contribution >= 4 is 34.7 Å². The summed E-state index contributed by atoms with van der Waals surface area (Å²) in [5.41, 5.74) is 2.11. The van der Waals surface area contributed by atoms with E-state index in [1.807, 2.05) is 4.90 Å². The minimum Gasteiger partial charge on any atom is -0.497 e. The van der Waals surface area contributed by atoms with Gasteiger partial charge in [-0.3, -0.25) is 9.59 Å². The van der Waals surface area contributed by atoms with E-state index in [-0.39, 0.29) is 11.8 Å². The topological polar surface area (TPSA) is 49.9 Å². The number of halogens is 1. The Morgan fingerprint density at radius 1 is 0.963 bits per heavy atom. The molecule has 6 heteroatoms. The van der Waals surface area contributed by atoms with Crippen molar-refractivity contribution < 1.29 is 14.3 Å². The highest BCUT2D eigenvalue weighted by atomic mass is 35.5. The Labute approximate surface area is 162 Å². The zero-order valence-electron chi connectivity index (χ0n) is 14.9. The lowest BCUT2D eigenvalue weighted by atomic mass is 10.0. The summed E-state index contributed by atoms with van der Waals surface area (Å²) < 4.78 is 5.25. The van der Waals surface area contributed by atoms with Crippen LogP contribution in [0.15, 0.2) is 54.2 Å². The van der Waals surface area contributed by atoms with Gasteiger partial charge in [-0.2, -0.15) is 0 Å². The highest BCUT2D eigenvalue weighted by Gasteiger charge is 2.43. The second-order valence-electron chi connectivity index (χ2n) is 6.57. The maximum Gasteiger partial charge on any atom is 0.282 e. The van der Waals surface area contributed by atoms with Crippen LogP contribution in [0.1, 0.15) is 18.4 Å². The molecule has 2 aromatic rings. The van der Waals surface area contributed by atoms with E-state index in [2.05, 4.69) is 0 Å². The third kappa shape index (κ3) is 3.08. The Kier molecular flexibility index (Phi) is 4.62. The maximum absolute atomic E-state index is 13.3. The van der Waals surface area contributed by atoms with Gasteiger partial charge in [-0.15, -0.1) is 0 Å². The van der Waals surface area contributed by atoms with Gasteiger partial charge in [-0.05, 0) is 42.7 Å². The third-order valence-corrected chi connectivity index (χ3v) is 5.18. The number of hydrogen-bond acceptors (Lipinski definition) is 4. The van der Waals surface area contributed by atoms with Gasteiger partial charge in [0.25, 0.3) is 11.8 Å². The van der Waals surface area contributed by atoms with Gasteiger partial charge < -0.3 is 9.64 Å². The fraction of sp³-hybridized carbons (Fsp3) is 0.238. The third-order valence-electron chi connectivity index (χ3n) is 4.93. The van der Waals surface area contributed by atoms with Gasteiger partial charge in [0.2, 0.25) is 0 Å². The van der Waals surface area contributed by atoms with Crippen LogP contribution in [-0.4, -0.2) is 36.9 Å². The number of amides is 2. The van der Waals surface area contributed by atoms with Crippen molar-refractivity contribution in [2.45, 2.75) is 12.8 Å². The molecule has 0 radical (unpaired) electrons. The first kappa shape index (κ1) is 17.6. The van der Waals surface area contributed by atoms with Crippen LogP contribution in [-0.2, 0) is 9.59 Å². The molecule has 27 heavy (non-hydrogen) atoms. The number of rotatable bonds is 4. The largest absolute Gasteiger partial charge is 0.497 e. The van der Waals surface area contributed by atoms with Gasteiger partial charge in [-0.25, -0.2) is 4.90 Å². The summed E-state index contributed by atoms with van der Waals surface area (Å²) in [6.45, 7) is 1.55. The van der Waals surface area contributed by atoms with Gasteiger partial charge in [-0.1, -0.05) is 29.8 Å². The van der Waals surface area contributed by atoms with Crippen LogP contribution in [0.4, 0.5) is 5.69 Å². The van der Waals surface area contributed by atoms with E-state index in [0.29, 0.717) is 33.3 Å². The van der Waals surface area contributed by atoms with E-state index in [4.69, 9.17) is 16.3 Å². The van der Waals surface area contributed by atoms with Crippen molar-refractivity contribution in [1.82, 2.24) is 4.90 Å². The molecule has 2 aliphatic rings. The Morgan fingerprint density at radius 3 is 2.33 bits per heavy atom. The average Bonchev–Trinajstić information content (AvgIpc) is 3.29. The molecule has 0 saturated carbocycles. The second kappa shape index (κ2) is 7.08. The lowest BCUT2D eigenvalue weighted by Gasteiger charge is -2.20. The SMILES string of the molecule is COc1cccc(N2C(=O)C(c3ccc(Cl)cc3)=C(N3CCCC3)C2=O)c1. The Morgan fingerprint density at radius 2 is 1.67 bits per heavy atom. The monoisotopic (exact) mass is 382 g/mol. The van der Waals surface area contributed by atoms with Gasteiger partial charge in [0.05, 0.1) is 18.4 Å². The summed E-state index contributed by atoms with van der Waals surface area (Å²) in [4.78, 5) is 29.9. The maximum atomic E-state index is 13.3. The van der Waals surface area contributed by atoms with Crippen molar-refractivity contribution in [3.8, 4) is 5.75 Å². The van der Waals surface area contributed by atoms with E-state index in [9.17, 15) is 9.59 Å². The molecule has 2 amide bonds. The predicted molar refractivity (Wildman–Crippen MR) is 105 cm³/mol. The van der Waals surface area contributed by atoms with Crippen LogP contribution in [0.25, 0.3) is 5.57 Å². The van der Waals surface area contributed by atoms with Gasteiger partial charge in [0.15, 0.2) is 0 Å². The number of nitrogens with zero attached hydrogens (tertiary/aromatic N) is 2. The Bertz CT molecular complexity index is 931. The minimum atomic E-state index is -0.322. The highest BCUT2D eigenvalue weighted by molar-refractivity contribution is 6.45. The van der Waals surface area contributed by atoms with Crippen LogP contribution in [0, 0.1) is 0 Å². The molecule has 0 aliphatic carbocycles. The molecule has 4 rings (SSSR count). The summed E-state index contributed by atoms with van der Waals surface area (Å²) in [6, 6.07) is 14.0. The van der Waals surface area contributed by atoms with Crippen LogP contribution in [0.3, 0.4) is 0 Å². The van der Waals surface area contributed by atoms with Crippen molar-refractivity contribution in [1.29, 1.82) is 0 Å². The Hall–Kier alpha value is -2.79. The molecular weight excluding hydrogens is 364 g/mol. The first-order valence-corrected chi connectivity index (χ1v) is 9.26. The molecule has 2 aliphatic heterocycles. The van der Waals surface area contributed by atoms with Gasteiger partial charge >= 0.3 is 0 Å². The molecule has 0 atom stereocenters. The zero-order valence-corrected chi connectivity index (χ0v) is 15.7. The first-order valence-electron chi connectivity index (χ1n) is 8.88. The molecule has 1 saturated heterocycles. The number of carbonyl (C=O) groups is 2. The molecule has 0 bridgehead atoms. The number of anilines is 1. The van der Waals surface area contributed by atoms with E-state index in [1.165, 1.54) is 4.90 Å². The molecule has 138 valence electrons. The van der Waals surface area contributed by atoms with Crippen molar-refractivity contribution in [3.63, 3.8) is 0 Å². The van der Waals surface area contributed by atoms with Crippen LogP contribution in [0.5, 0.6) is 5.75 Å². The van der Waals surface area contributed by atoms with Crippen LogP contribution in [0.2, 0.25) is 5.02 Å². The molecule has 0 unspecified atom stereocenters. The molecule has 0 aromatic heterocycles. The van der Waals surface area contributed by atoms with E-state index in [1.54, 1.807) is 55.6 Å². The summed E-state index contributed by atoms with van der Waals surface area (Å²) in [5.74, 6) is -0.0201. The summed E-state index contributed by atoms with van der Waals surface area (Å²) in [5, 5.41) is 0.587. The normalized spacial score (nSPS) is 17.3. The smallest absolute Gasteiger partial charge is 0.282 e. The number of imide groups is 1. The molecule has 0 N–H and O–H groups in total. The summed E-state index contributed by atoms with van der Waals surface area (Å²) in [6.07, 6.45) is 2.02. The molecule has 5 nitrogen and oxygen atoms in total. The lowest BCUT2D eigenvalue weighted by Crippen LogP contribution is -2.34. The quantitative estimate of drug-likeness (QED) is 0.756. The highest BCUT2D eigenvalue weighted by Crippen LogP contribution is 2.37. The van der Waals surface area contributed by atoms with E-state index < -0.39 is 0 Å². The number of carbonyl (C=O) groups excluding carboxylic acids is 2. The molecule has 2 heterocycles. The molecule has 1 fully saturated rings. The second-order valence-corrected chi connectivity index (χ2v) is 7.01. The molecular formula is C21H19ClN2O3. The van der Waals surface area contributed by atoms with Gasteiger partial charge in [0.1, 0.15) is 11.4 Å². The first-order chi connectivity index (χ1) is 13.1. The number of hydrogen-bond donors (Lipinski definition) is 0. The summed E-state index contributed by atoms with van der Waals surface area (Å²) >= 11 is 6.00. The van der Waals surface area contributed by atoms with Crippen molar-refractivity contribution in [3.05, 3.63) is 64.8 Å². The van der Waals surface area contributed by atoms with Crippen LogP contribution < -0.4 is 9.64 Å². The number of ether oxygens (including phenoxy) is 1. The zero-order chi connectivity index (χ0) is 19.0. The van der Waals surface area contributed by atoms with Crippen molar-refractivity contribution in [2.24, 2.45) is 0 Å². The summed E-state index contributed by atoms with van der Waals surface area (Å²) in [7, 11) is 1.56. The van der Waals surface area contributed by atoms with Crippen LogP contribution >= 0.6 is 11.6 Å². The number of methoxy groups -OCH3 is 1. The lowest BCUT2D eigenvalue weighted by molar-refractivity contribution is -0.120. The average molecular weight is 383 g/mol. The fourth-order valence-corrected chi connectivity index (χ4v) is 3.74. The Balaban J connectivity index is 1.82. The minimum absolute atomic E-state index is 0.292.